The van der Waals surface area contributed by atoms with Crippen LogP contribution in [0.3, 0.4) is 0 Å². The molecule has 4 amide bonds. The number of thiazole rings is 1. The fraction of sp³-hybridized carbons (Fsp3) is 0.565. The van der Waals surface area contributed by atoms with Gasteiger partial charge >= 0.3 is 12.0 Å². The number of ether oxygens (including phenoxy) is 2. The highest BCUT2D eigenvalue weighted by molar-refractivity contribution is 7.10. The van der Waals surface area contributed by atoms with Crippen LogP contribution in [0.15, 0.2) is 41.9 Å². The van der Waals surface area contributed by atoms with Crippen LogP contribution in [0.25, 0.3) is 33.4 Å². The van der Waals surface area contributed by atoms with Gasteiger partial charge in [0, 0.05) is 91.7 Å². The molecule has 3 aliphatic rings. The molecule has 4 aromatic rings. The number of esters is 1. The van der Waals surface area contributed by atoms with E-state index >= 15 is 0 Å². The van der Waals surface area contributed by atoms with Gasteiger partial charge in [-0.25, -0.2) is 14.6 Å². The van der Waals surface area contributed by atoms with E-state index in [-0.39, 0.29) is 50.1 Å². The molecule has 1 aromatic carbocycles. The lowest BCUT2D eigenvalue weighted by molar-refractivity contribution is -0.189. The zero-order valence-corrected chi connectivity index (χ0v) is 38.3. The Labute approximate surface area is 368 Å². The van der Waals surface area contributed by atoms with Crippen molar-refractivity contribution in [2.24, 2.45) is 11.3 Å². The highest BCUT2D eigenvalue weighted by atomic mass is 32.1. The van der Waals surface area contributed by atoms with Gasteiger partial charge in [-0.1, -0.05) is 33.8 Å². The first-order valence-corrected chi connectivity index (χ1v) is 22.8. The molecule has 0 spiro atoms. The van der Waals surface area contributed by atoms with Gasteiger partial charge < -0.3 is 34.3 Å². The first kappa shape index (κ1) is 45.1. The Morgan fingerprint density at radius 2 is 1.92 bits per heavy atom. The smallest absolute Gasteiger partial charge is 0.355 e. The molecule has 3 aromatic heterocycles. The van der Waals surface area contributed by atoms with Crippen molar-refractivity contribution < 1.29 is 33.8 Å². The number of hydrogen-bond acceptors (Lipinski definition) is 11. The highest BCUT2D eigenvalue weighted by Crippen LogP contribution is 2.42. The number of benzene rings is 1. The van der Waals surface area contributed by atoms with Crippen LogP contribution in [0, 0.1) is 11.3 Å². The third-order valence-electron chi connectivity index (χ3n) is 12.4. The Kier molecular flexibility index (Phi) is 13.2. The van der Waals surface area contributed by atoms with Crippen LogP contribution in [0.1, 0.15) is 96.5 Å². The number of amides is 4. The number of pyridine rings is 1. The topological polar surface area (TPSA) is 171 Å². The van der Waals surface area contributed by atoms with Gasteiger partial charge in [0.2, 0.25) is 11.6 Å². The van der Waals surface area contributed by atoms with Crippen molar-refractivity contribution in [3.05, 3.63) is 58.2 Å². The van der Waals surface area contributed by atoms with Gasteiger partial charge in [-0.05, 0) is 82.2 Å². The summed E-state index contributed by atoms with van der Waals surface area (Å²) in [6.07, 6.45) is 4.20. The number of likely N-dealkylation sites (N-methyl/N-ethyl adjacent to an activating group) is 1. The summed E-state index contributed by atoms with van der Waals surface area (Å²) in [4.78, 5) is 69.6. The summed E-state index contributed by atoms with van der Waals surface area (Å²) in [5, 5.41) is 19.6. The van der Waals surface area contributed by atoms with E-state index in [9.17, 15) is 24.3 Å². The summed E-state index contributed by atoms with van der Waals surface area (Å²) in [5.41, 5.74) is 6.41. The zero-order chi connectivity index (χ0) is 44.7. The van der Waals surface area contributed by atoms with E-state index in [1.165, 1.54) is 21.2 Å². The van der Waals surface area contributed by atoms with Crippen LogP contribution in [0.2, 0.25) is 0 Å². The molecule has 1 saturated heterocycles. The van der Waals surface area contributed by atoms with Gasteiger partial charge in [0.15, 0.2) is 0 Å². The maximum atomic E-state index is 14.6. The van der Waals surface area contributed by atoms with Gasteiger partial charge in [-0.2, -0.15) is 5.43 Å². The lowest BCUT2D eigenvalue weighted by atomic mass is 9.84. The van der Waals surface area contributed by atoms with Crippen molar-refractivity contribution in [3.63, 3.8) is 0 Å². The molecule has 7 rings (SSSR count). The zero-order valence-electron chi connectivity index (χ0n) is 37.5. The van der Waals surface area contributed by atoms with Gasteiger partial charge in [0.05, 0.1) is 34.8 Å². The number of aliphatic hydroxyl groups is 1. The summed E-state index contributed by atoms with van der Waals surface area (Å²) >= 11 is 1.38. The number of hydrogen-bond donors (Lipinski definition) is 3. The van der Waals surface area contributed by atoms with Gasteiger partial charge in [-0.3, -0.25) is 19.6 Å². The van der Waals surface area contributed by atoms with Crippen LogP contribution in [-0.2, 0) is 43.2 Å². The fourth-order valence-electron chi connectivity index (χ4n) is 9.04. The van der Waals surface area contributed by atoms with Crippen molar-refractivity contribution in [2.45, 2.75) is 123 Å². The summed E-state index contributed by atoms with van der Waals surface area (Å²) < 4.78 is 14.0. The number of fused-ring (bicyclic) bond motifs is 6. The van der Waals surface area contributed by atoms with Crippen molar-refractivity contribution in [3.8, 4) is 22.5 Å². The van der Waals surface area contributed by atoms with E-state index in [4.69, 9.17) is 19.4 Å². The van der Waals surface area contributed by atoms with Crippen LogP contribution >= 0.6 is 11.3 Å². The van der Waals surface area contributed by atoms with E-state index in [2.05, 4.69) is 46.5 Å². The van der Waals surface area contributed by atoms with Gasteiger partial charge in [0.1, 0.15) is 12.1 Å². The van der Waals surface area contributed by atoms with Crippen LogP contribution in [0.4, 0.5) is 4.79 Å². The molecule has 16 heteroatoms. The van der Waals surface area contributed by atoms with E-state index in [0.717, 1.165) is 57.5 Å². The minimum absolute atomic E-state index is 0.0124. The number of rotatable bonds is 10. The molecular formula is C46H62N8O7S. The van der Waals surface area contributed by atoms with E-state index < -0.39 is 41.0 Å². The van der Waals surface area contributed by atoms with Crippen molar-refractivity contribution in [1.29, 1.82) is 0 Å². The molecule has 2 fully saturated rings. The molecular weight excluding hydrogens is 809 g/mol. The molecule has 334 valence electrons. The fourth-order valence-corrected chi connectivity index (χ4v) is 9.89. The second kappa shape index (κ2) is 18.1. The number of hydrazine groups is 1. The molecule has 0 unspecified atom stereocenters. The van der Waals surface area contributed by atoms with Crippen LogP contribution in [-0.4, -0.2) is 116 Å². The Morgan fingerprint density at radius 3 is 2.60 bits per heavy atom. The summed E-state index contributed by atoms with van der Waals surface area (Å²) in [5.74, 6) is -2.22. The average molecular weight is 871 g/mol. The maximum absolute atomic E-state index is 14.6. The minimum Gasteiger partial charge on any atom is -0.462 e. The van der Waals surface area contributed by atoms with Crippen LogP contribution in [0.5, 0.6) is 0 Å². The number of carbonyl (C=O) groups excluding carboxylic acids is 4. The number of urea groups is 1. The van der Waals surface area contributed by atoms with Crippen molar-refractivity contribution in [2.75, 3.05) is 33.9 Å². The number of aromatic nitrogens is 3. The second-order valence-electron chi connectivity index (χ2n) is 18.1. The molecule has 15 nitrogen and oxygen atoms in total. The summed E-state index contributed by atoms with van der Waals surface area (Å²) in [7, 11) is 3.30. The van der Waals surface area contributed by atoms with Crippen LogP contribution < -0.4 is 10.7 Å². The molecule has 5 heterocycles. The lowest BCUT2D eigenvalue weighted by Crippen LogP contribution is -2.67. The number of nitrogens with zero attached hydrogens (tertiary/aromatic N) is 6. The van der Waals surface area contributed by atoms with Crippen molar-refractivity contribution in [1.82, 2.24) is 40.1 Å². The molecule has 0 radical (unpaired) electrons. The third kappa shape index (κ3) is 8.97. The Morgan fingerprint density at radius 1 is 1.16 bits per heavy atom. The minimum atomic E-state index is -2.20. The van der Waals surface area contributed by atoms with E-state index in [0.29, 0.717) is 30.9 Å². The third-order valence-corrected chi connectivity index (χ3v) is 13.3. The molecule has 4 atom stereocenters. The predicted molar refractivity (Wildman–Crippen MR) is 238 cm³/mol. The Hall–Kier alpha value is -4.90. The molecule has 1 aliphatic carbocycles. The first-order valence-electron chi connectivity index (χ1n) is 21.9. The summed E-state index contributed by atoms with van der Waals surface area (Å²) in [6, 6.07) is 8.20. The number of nitrogens with one attached hydrogen (secondary N) is 2. The number of carbonyl (C=O) groups is 4. The molecule has 1 saturated carbocycles. The largest absolute Gasteiger partial charge is 0.462 e. The number of aryl methyl sites for hydroxylation is 1. The number of cyclic esters (lactones) is 1. The SMILES string of the molecule is CCN(C(=O)N(C)[C@H](C(=O)N[C@H]1Cc2nc(cs2)-c2ccc3c(c2)c(c(-c2cccnc2[C@H](C)OC)n3CC)CC(C)(C)COC(=O)[C@@]2(O)CCCN(N2)C1=O)C(C)C)C1CC1. The number of methoxy groups -OCH3 is 1. The summed E-state index contributed by atoms with van der Waals surface area (Å²) in [6.45, 7) is 15.2. The Balaban J connectivity index is 1.32. The second-order valence-corrected chi connectivity index (χ2v) is 19.0. The molecule has 62 heavy (non-hydrogen) atoms. The monoisotopic (exact) mass is 870 g/mol. The normalized spacial score (nSPS) is 21.6. The quantitative estimate of drug-likeness (QED) is 0.159. The van der Waals surface area contributed by atoms with E-state index in [1.807, 2.05) is 53.0 Å². The molecule has 3 N–H and O–H groups in total. The maximum Gasteiger partial charge on any atom is 0.355 e. The van der Waals surface area contributed by atoms with Gasteiger partial charge in [-0.15, -0.1) is 11.3 Å². The van der Waals surface area contributed by atoms with Gasteiger partial charge in [0.25, 0.3) is 5.91 Å². The predicted octanol–water partition coefficient (Wildman–Crippen LogP) is 6.08. The van der Waals surface area contributed by atoms with Crippen molar-refractivity contribution >= 4 is 46.1 Å². The highest BCUT2D eigenvalue weighted by Gasteiger charge is 2.46. The standard InChI is InChI=1S/C46H62N8O7S/c1-10-52(30-16-17-30)44(58)51(8)39(27(3)4)41(55)49-34-23-37-48-35(25-62-37)29-15-18-36-32(22-29)33(40(53(36)11-2)31-14-12-20-47-38(31)28(5)60-9)24-45(6,7)26-61-43(57)46(59)19-13-21-54(50-46)42(34)56/h12,14-15,18,20,22,25,27-28,30,34,39,50,59H,10-11,13,16-17,19,21,23-24,26H2,1-9H3,(H,49,55)/t28-,34-,39-,46-/m0/s1. The first-order chi connectivity index (χ1) is 29.5. The Bertz CT molecular complexity index is 2320. The lowest BCUT2D eigenvalue weighted by Gasteiger charge is -2.40. The molecule has 2 aliphatic heterocycles. The average Bonchev–Trinajstić information content (AvgIpc) is 3.90. The van der Waals surface area contributed by atoms with E-state index in [1.54, 1.807) is 25.3 Å². The molecule has 6 bridgehead atoms.